The van der Waals surface area contributed by atoms with Gasteiger partial charge in [0.25, 0.3) is 0 Å². The van der Waals surface area contributed by atoms with Crippen molar-refractivity contribution in [1.82, 2.24) is 16.1 Å². The lowest BCUT2D eigenvalue weighted by atomic mass is 9.79. The van der Waals surface area contributed by atoms with Crippen LogP contribution in [0.3, 0.4) is 0 Å². The van der Waals surface area contributed by atoms with Crippen molar-refractivity contribution in [2.24, 2.45) is 5.10 Å². The minimum atomic E-state index is 0.178. The van der Waals surface area contributed by atoms with Gasteiger partial charge in [0, 0.05) is 23.7 Å². The smallest absolute Gasteiger partial charge is 0.119 e. The lowest BCUT2D eigenvalue weighted by Gasteiger charge is -2.46. The van der Waals surface area contributed by atoms with E-state index in [0.717, 1.165) is 25.2 Å². The largest absolute Gasteiger partial charge is 0.369 e. The highest BCUT2D eigenvalue weighted by Gasteiger charge is 2.37. The predicted octanol–water partition coefficient (Wildman–Crippen LogP) is 1.83. The van der Waals surface area contributed by atoms with Crippen molar-refractivity contribution >= 4 is 5.84 Å². The summed E-state index contributed by atoms with van der Waals surface area (Å²) in [6, 6.07) is 0.489. The second-order valence-corrected chi connectivity index (χ2v) is 6.35. The molecule has 1 aliphatic heterocycles. The molecule has 0 aromatic carbocycles. The van der Waals surface area contributed by atoms with Gasteiger partial charge < -0.3 is 16.1 Å². The van der Waals surface area contributed by atoms with Gasteiger partial charge in [-0.2, -0.15) is 5.10 Å². The van der Waals surface area contributed by atoms with Crippen molar-refractivity contribution in [3.8, 4) is 0 Å². The Kier molecular flexibility index (Phi) is 4.42. The van der Waals surface area contributed by atoms with E-state index in [-0.39, 0.29) is 11.1 Å². The highest BCUT2D eigenvalue weighted by atomic mass is 15.3. The molecule has 0 aliphatic carbocycles. The third-order valence-corrected chi connectivity index (χ3v) is 3.01. The lowest BCUT2D eigenvalue weighted by molar-refractivity contribution is 0.155. The summed E-state index contributed by atoms with van der Waals surface area (Å²) in [5.41, 5.74) is 3.35. The van der Waals surface area contributed by atoms with Gasteiger partial charge in [0.05, 0.1) is 0 Å². The molecule has 4 nitrogen and oxygen atoms in total. The van der Waals surface area contributed by atoms with Gasteiger partial charge in [-0.1, -0.05) is 0 Å². The summed E-state index contributed by atoms with van der Waals surface area (Å²) < 4.78 is 0. The molecule has 1 rings (SSSR count). The molecule has 0 bridgehead atoms. The average Bonchev–Trinajstić information content (AvgIpc) is 2.09. The second-order valence-electron chi connectivity index (χ2n) is 6.35. The van der Waals surface area contributed by atoms with E-state index in [0.29, 0.717) is 6.04 Å². The minimum Gasteiger partial charge on any atom is -0.369 e. The first-order chi connectivity index (χ1) is 7.74. The molecule has 1 heterocycles. The zero-order valence-corrected chi connectivity index (χ0v) is 12.1. The number of piperidine rings is 1. The van der Waals surface area contributed by atoms with Crippen molar-refractivity contribution in [2.75, 3.05) is 6.54 Å². The zero-order chi connectivity index (χ0) is 13.1. The molecule has 0 radical (unpaired) electrons. The molecule has 0 atom stereocenters. The molecular formula is C13H28N4. The normalized spacial score (nSPS) is 24.5. The molecule has 0 spiro atoms. The lowest BCUT2D eigenvalue weighted by Crippen LogP contribution is -2.62. The SMILES string of the molecule is CCN/N=C(\C)NC1CC(C)(C)NC(C)(C)C1. The van der Waals surface area contributed by atoms with E-state index in [9.17, 15) is 0 Å². The molecule has 0 amide bonds. The van der Waals surface area contributed by atoms with Crippen molar-refractivity contribution in [3.05, 3.63) is 0 Å². The van der Waals surface area contributed by atoms with Crippen LogP contribution in [0.1, 0.15) is 54.4 Å². The maximum Gasteiger partial charge on any atom is 0.119 e. The predicted molar refractivity (Wildman–Crippen MR) is 74.2 cm³/mol. The molecule has 100 valence electrons. The maximum atomic E-state index is 4.27. The molecular weight excluding hydrogens is 212 g/mol. The van der Waals surface area contributed by atoms with Gasteiger partial charge in [-0.25, -0.2) is 0 Å². The van der Waals surface area contributed by atoms with E-state index in [4.69, 9.17) is 0 Å². The van der Waals surface area contributed by atoms with Crippen molar-refractivity contribution in [1.29, 1.82) is 0 Å². The van der Waals surface area contributed by atoms with Gasteiger partial charge in [-0.15, -0.1) is 0 Å². The van der Waals surface area contributed by atoms with E-state index >= 15 is 0 Å². The fourth-order valence-electron chi connectivity index (χ4n) is 2.95. The van der Waals surface area contributed by atoms with E-state index in [1.807, 2.05) is 13.8 Å². The zero-order valence-electron chi connectivity index (χ0n) is 12.1. The van der Waals surface area contributed by atoms with E-state index in [1.54, 1.807) is 0 Å². The van der Waals surface area contributed by atoms with Gasteiger partial charge in [0.1, 0.15) is 5.84 Å². The number of nitrogens with one attached hydrogen (secondary N) is 3. The topological polar surface area (TPSA) is 48.5 Å². The third kappa shape index (κ3) is 4.94. The number of hydrogen-bond donors (Lipinski definition) is 3. The van der Waals surface area contributed by atoms with Crippen LogP contribution in [0.5, 0.6) is 0 Å². The van der Waals surface area contributed by atoms with Crippen LogP contribution in [0.2, 0.25) is 0 Å². The van der Waals surface area contributed by atoms with Gasteiger partial charge >= 0.3 is 0 Å². The molecule has 1 aliphatic rings. The Hall–Kier alpha value is -0.770. The minimum absolute atomic E-state index is 0.178. The van der Waals surface area contributed by atoms with E-state index < -0.39 is 0 Å². The first-order valence-corrected chi connectivity index (χ1v) is 6.57. The third-order valence-electron chi connectivity index (χ3n) is 3.01. The monoisotopic (exact) mass is 240 g/mol. The summed E-state index contributed by atoms with van der Waals surface area (Å²) in [6.45, 7) is 14.0. The summed E-state index contributed by atoms with van der Waals surface area (Å²) in [7, 11) is 0. The van der Waals surface area contributed by atoms with Gasteiger partial charge in [0.2, 0.25) is 0 Å². The fourth-order valence-corrected chi connectivity index (χ4v) is 2.95. The van der Waals surface area contributed by atoms with Crippen LogP contribution in [0.4, 0.5) is 0 Å². The Morgan fingerprint density at radius 3 is 2.24 bits per heavy atom. The summed E-state index contributed by atoms with van der Waals surface area (Å²) in [5.74, 6) is 0.977. The van der Waals surface area contributed by atoms with Crippen LogP contribution in [0, 0.1) is 0 Å². The van der Waals surface area contributed by atoms with Crippen molar-refractivity contribution in [3.63, 3.8) is 0 Å². The molecule has 1 saturated heterocycles. The van der Waals surface area contributed by atoms with E-state index in [2.05, 4.69) is 48.9 Å². The molecule has 0 unspecified atom stereocenters. The summed E-state index contributed by atoms with van der Waals surface area (Å²) >= 11 is 0. The summed E-state index contributed by atoms with van der Waals surface area (Å²) in [6.07, 6.45) is 2.24. The Morgan fingerprint density at radius 2 is 1.76 bits per heavy atom. The van der Waals surface area contributed by atoms with Crippen LogP contribution in [0.25, 0.3) is 0 Å². The average molecular weight is 240 g/mol. The Balaban J connectivity index is 2.59. The number of rotatable bonds is 3. The van der Waals surface area contributed by atoms with Gasteiger partial charge in [0.15, 0.2) is 0 Å². The van der Waals surface area contributed by atoms with Crippen LogP contribution < -0.4 is 16.1 Å². The number of nitrogens with zero attached hydrogens (tertiary/aromatic N) is 1. The van der Waals surface area contributed by atoms with Gasteiger partial charge in [-0.05, 0) is 54.4 Å². The molecule has 1 fully saturated rings. The Bertz CT molecular complexity index is 265. The molecule has 0 saturated carbocycles. The number of hydrazone groups is 1. The first-order valence-electron chi connectivity index (χ1n) is 6.57. The van der Waals surface area contributed by atoms with Crippen molar-refractivity contribution in [2.45, 2.75) is 71.5 Å². The molecule has 4 heteroatoms. The van der Waals surface area contributed by atoms with Crippen LogP contribution in [-0.2, 0) is 0 Å². The van der Waals surface area contributed by atoms with Gasteiger partial charge in [-0.3, -0.25) is 0 Å². The molecule has 17 heavy (non-hydrogen) atoms. The van der Waals surface area contributed by atoms with Crippen molar-refractivity contribution < 1.29 is 0 Å². The Labute approximate surface area is 106 Å². The highest BCUT2D eigenvalue weighted by Crippen LogP contribution is 2.28. The quantitative estimate of drug-likeness (QED) is 0.401. The van der Waals surface area contributed by atoms with Crippen LogP contribution in [-0.4, -0.2) is 29.5 Å². The standard InChI is InChI=1S/C13H28N4/c1-7-14-16-10(2)15-11-8-12(3,4)17-13(5,6)9-11/h11,14,17H,7-9H2,1-6H3,(H,15,16). The first kappa shape index (κ1) is 14.3. The summed E-state index contributed by atoms with van der Waals surface area (Å²) in [5, 5.41) is 11.5. The fraction of sp³-hybridized carbons (Fsp3) is 0.923. The summed E-state index contributed by atoms with van der Waals surface area (Å²) in [4.78, 5) is 0. The molecule has 3 N–H and O–H groups in total. The Morgan fingerprint density at radius 1 is 1.24 bits per heavy atom. The number of hydrogen-bond acceptors (Lipinski definition) is 3. The van der Waals surface area contributed by atoms with Crippen LogP contribution in [0.15, 0.2) is 5.10 Å². The molecule has 0 aromatic heterocycles. The van der Waals surface area contributed by atoms with Crippen LogP contribution >= 0.6 is 0 Å². The molecule has 0 aromatic rings. The van der Waals surface area contributed by atoms with E-state index in [1.165, 1.54) is 0 Å². The highest BCUT2D eigenvalue weighted by molar-refractivity contribution is 5.79. The number of amidine groups is 1. The second kappa shape index (κ2) is 5.25. The maximum absolute atomic E-state index is 4.27.